The lowest BCUT2D eigenvalue weighted by molar-refractivity contribution is 0.239. The molecule has 14 heavy (non-hydrogen) atoms. The number of hydrogen-bond acceptors (Lipinski definition) is 3. The topological polar surface area (TPSA) is 38.0 Å². The van der Waals surface area contributed by atoms with E-state index in [9.17, 15) is 0 Å². The Balaban J connectivity index is 2.99. The Morgan fingerprint density at radius 2 is 2.29 bits per heavy atom. The van der Waals surface area contributed by atoms with Crippen LogP contribution in [0.15, 0.2) is 11.4 Å². The van der Waals surface area contributed by atoms with Gasteiger partial charge in [0.1, 0.15) is 0 Å². The highest BCUT2D eigenvalue weighted by molar-refractivity contribution is 7.10. The molecule has 0 spiro atoms. The molecule has 0 aliphatic rings. The summed E-state index contributed by atoms with van der Waals surface area (Å²) in [6.07, 6.45) is 1.05. The summed E-state index contributed by atoms with van der Waals surface area (Å²) in [5.41, 5.74) is 2.98. The first-order chi connectivity index (χ1) is 6.53. The minimum Gasteiger partial charge on any atom is -0.271 e. The van der Waals surface area contributed by atoms with Crippen molar-refractivity contribution in [3.63, 3.8) is 0 Å². The molecule has 0 fully saturated rings. The Labute approximate surface area is 94.4 Å². The fraction of sp³-hybridized carbons (Fsp3) is 0.600. The maximum Gasteiger partial charge on any atom is 0.0619 e. The van der Waals surface area contributed by atoms with Crippen LogP contribution in [0.25, 0.3) is 0 Å². The van der Waals surface area contributed by atoms with Crippen LogP contribution < -0.4 is 11.3 Å². The SMILES string of the molecule is CCC(C)(C)C(NN)c1sccc1Cl. The van der Waals surface area contributed by atoms with E-state index >= 15 is 0 Å². The van der Waals surface area contributed by atoms with Crippen molar-refractivity contribution >= 4 is 22.9 Å². The van der Waals surface area contributed by atoms with Gasteiger partial charge in [-0.1, -0.05) is 32.4 Å². The second kappa shape index (κ2) is 4.62. The summed E-state index contributed by atoms with van der Waals surface area (Å²) in [7, 11) is 0. The molecule has 1 unspecified atom stereocenters. The van der Waals surface area contributed by atoms with Crippen LogP contribution in [0.4, 0.5) is 0 Å². The van der Waals surface area contributed by atoms with E-state index in [1.807, 2.05) is 11.4 Å². The second-order valence-corrected chi connectivity index (χ2v) is 5.43. The zero-order chi connectivity index (χ0) is 10.8. The van der Waals surface area contributed by atoms with Crippen LogP contribution in [0.1, 0.15) is 38.1 Å². The van der Waals surface area contributed by atoms with Gasteiger partial charge in [-0.25, -0.2) is 0 Å². The minimum absolute atomic E-state index is 0.114. The Kier molecular flexibility index (Phi) is 3.95. The van der Waals surface area contributed by atoms with Crippen molar-refractivity contribution in [2.75, 3.05) is 0 Å². The van der Waals surface area contributed by atoms with Gasteiger partial charge in [-0.2, -0.15) is 0 Å². The van der Waals surface area contributed by atoms with E-state index < -0.39 is 0 Å². The first-order valence-electron chi connectivity index (χ1n) is 4.72. The monoisotopic (exact) mass is 232 g/mol. The molecule has 0 amide bonds. The Morgan fingerprint density at radius 1 is 1.64 bits per heavy atom. The highest BCUT2D eigenvalue weighted by atomic mass is 35.5. The Morgan fingerprint density at radius 3 is 2.64 bits per heavy atom. The number of hydrazine groups is 1. The molecule has 0 aliphatic heterocycles. The molecule has 0 bridgehead atoms. The van der Waals surface area contributed by atoms with Crippen LogP contribution in [0.5, 0.6) is 0 Å². The van der Waals surface area contributed by atoms with Gasteiger partial charge in [0.25, 0.3) is 0 Å². The third kappa shape index (κ3) is 2.28. The molecule has 0 saturated carbocycles. The van der Waals surface area contributed by atoms with Crippen LogP contribution in [-0.2, 0) is 0 Å². The molecule has 0 aliphatic carbocycles. The Hall–Kier alpha value is -0.0900. The van der Waals surface area contributed by atoms with Gasteiger partial charge in [0.15, 0.2) is 0 Å². The molecule has 0 radical (unpaired) electrons. The summed E-state index contributed by atoms with van der Waals surface area (Å²) in [4.78, 5) is 1.13. The predicted octanol–water partition coefficient (Wildman–Crippen LogP) is 3.34. The molecule has 3 N–H and O–H groups in total. The molecular formula is C10H17ClN2S. The summed E-state index contributed by atoms with van der Waals surface area (Å²) < 4.78 is 0. The highest BCUT2D eigenvalue weighted by Crippen LogP contribution is 2.40. The summed E-state index contributed by atoms with van der Waals surface area (Å²) >= 11 is 7.74. The first-order valence-corrected chi connectivity index (χ1v) is 5.97. The van der Waals surface area contributed by atoms with E-state index in [-0.39, 0.29) is 11.5 Å². The van der Waals surface area contributed by atoms with Gasteiger partial charge in [-0.05, 0) is 23.3 Å². The molecule has 1 rings (SSSR count). The van der Waals surface area contributed by atoms with E-state index in [2.05, 4.69) is 26.2 Å². The maximum atomic E-state index is 6.09. The lowest BCUT2D eigenvalue weighted by atomic mass is 9.81. The third-order valence-corrected chi connectivity index (χ3v) is 4.19. The van der Waals surface area contributed by atoms with Crippen LogP contribution >= 0.6 is 22.9 Å². The molecule has 1 aromatic heterocycles. The Bertz CT molecular complexity index is 296. The van der Waals surface area contributed by atoms with E-state index in [1.54, 1.807) is 11.3 Å². The van der Waals surface area contributed by atoms with Gasteiger partial charge in [0.05, 0.1) is 11.1 Å². The average molecular weight is 233 g/mol. The zero-order valence-electron chi connectivity index (χ0n) is 8.80. The average Bonchev–Trinajstić information content (AvgIpc) is 2.53. The summed E-state index contributed by atoms with van der Waals surface area (Å²) in [5.74, 6) is 5.59. The lowest BCUT2D eigenvalue weighted by Crippen LogP contribution is -2.37. The fourth-order valence-corrected chi connectivity index (χ4v) is 2.81. The smallest absolute Gasteiger partial charge is 0.0619 e. The molecule has 0 aromatic carbocycles. The normalized spacial score (nSPS) is 14.4. The molecule has 1 atom stereocenters. The molecular weight excluding hydrogens is 216 g/mol. The van der Waals surface area contributed by atoms with E-state index in [0.717, 1.165) is 16.3 Å². The summed E-state index contributed by atoms with van der Waals surface area (Å²) in [6, 6.07) is 2.04. The van der Waals surface area contributed by atoms with E-state index in [1.165, 1.54) is 0 Å². The number of rotatable bonds is 4. The largest absolute Gasteiger partial charge is 0.271 e. The second-order valence-electron chi connectivity index (χ2n) is 4.07. The van der Waals surface area contributed by atoms with E-state index in [0.29, 0.717) is 0 Å². The molecule has 1 heterocycles. The summed E-state index contributed by atoms with van der Waals surface area (Å²) in [5, 5.41) is 2.80. The zero-order valence-corrected chi connectivity index (χ0v) is 10.4. The molecule has 80 valence electrons. The van der Waals surface area contributed by atoms with Gasteiger partial charge >= 0.3 is 0 Å². The molecule has 0 saturated heterocycles. The van der Waals surface area contributed by atoms with Crippen molar-refractivity contribution in [3.8, 4) is 0 Å². The van der Waals surface area contributed by atoms with Gasteiger partial charge in [0, 0.05) is 4.88 Å². The van der Waals surface area contributed by atoms with Crippen LogP contribution in [-0.4, -0.2) is 0 Å². The van der Waals surface area contributed by atoms with Crippen LogP contribution in [0.2, 0.25) is 5.02 Å². The standard InChI is InChI=1S/C10H17ClN2S/c1-4-10(2,3)9(13-12)8-7(11)5-6-14-8/h5-6,9,13H,4,12H2,1-3H3. The molecule has 2 nitrogen and oxygen atoms in total. The number of nitrogens with one attached hydrogen (secondary N) is 1. The van der Waals surface area contributed by atoms with Crippen molar-refractivity contribution in [2.24, 2.45) is 11.3 Å². The highest BCUT2D eigenvalue weighted by Gasteiger charge is 2.30. The van der Waals surface area contributed by atoms with E-state index in [4.69, 9.17) is 17.4 Å². The predicted molar refractivity (Wildman–Crippen MR) is 63.5 cm³/mol. The third-order valence-electron chi connectivity index (χ3n) is 2.77. The number of nitrogens with two attached hydrogens (primary N) is 1. The van der Waals surface area contributed by atoms with Gasteiger partial charge in [-0.15, -0.1) is 11.3 Å². The van der Waals surface area contributed by atoms with Crippen LogP contribution in [0.3, 0.4) is 0 Å². The van der Waals surface area contributed by atoms with Crippen molar-refractivity contribution in [3.05, 3.63) is 21.3 Å². The van der Waals surface area contributed by atoms with Crippen molar-refractivity contribution in [1.29, 1.82) is 0 Å². The minimum atomic E-state index is 0.114. The van der Waals surface area contributed by atoms with Crippen molar-refractivity contribution < 1.29 is 0 Å². The first kappa shape index (κ1) is 12.0. The quantitative estimate of drug-likeness (QED) is 0.617. The van der Waals surface area contributed by atoms with Gasteiger partial charge < -0.3 is 0 Å². The van der Waals surface area contributed by atoms with Gasteiger partial charge in [0.2, 0.25) is 0 Å². The number of thiophene rings is 1. The van der Waals surface area contributed by atoms with Crippen molar-refractivity contribution in [2.45, 2.75) is 33.2 Å². The van der Waals surface area contributed by atoms with Gasteiger partial charge in [-0.3, -0.25) is 11.3 Å². The summed E-state index contributed by atoms with van der Waals surface area (Å²) in [6.45, 7) is 6.53. The molecule has 1 aromatic rings. The van der Waals surface area contributed by atoms with Crippen molar-refractivity contribution in [1.82, 2.24) is 5.43 Å². The van der Waals surface area contributed by atoms with Crippen LogP contribution in [0, 0.1) is 5.41 Å². The fourth-order valence-electron chi connectivity index (χ4n) is 1.37. The number of halogens is 1. The maximum absolute atomic E-state index is 6.09. The lowest BCUT2D eigenvalue weighted by Gasteiger charge is -2.32. The molecule has 4 heteroatoms. The number of hydrogen-bond donors (Lipinski definition) is 2.